The number of carbonyl (C=O) groups is 1. The van der Waals surface area contributed by atoms with E-state index in [9.17, 15) is 13.6 Å². The van der Waals surface area contributed by atoms with E-state index in [0.29, 0.717) is 0 Å². The molecule has 0 saturated heterocycles. The van der Waals surface area contributed by atoms with Crippen molar-refractivity contribution in [3.8, 4) is 0 Å². The Hall–Kier alpha value is -1.51. The Morgan fingerprint density at radius 2 is 1.83 bits per heavy atom. The lowest BCUT2D eigenvalue weighted by molar-refractivity contribution is 0.104. The van der Waals surface area contributed by atoms with Gasteiger partial charge in [-0.25, -0.2) is 8.78 Å². The average molecular weight is 168 g/mol. The largest absolute Gasteiger partial charge is 0.289 e. The minimum absolute atomic E-state index is 0.158. The SMILES string of the molecule is O=C(C=CF)c1ccc(F)cc1. The van der Waals surface area contributed by atoms with Gasteiger partial charge in [-0.05, 0) is 24.3 Å². The van der Waals surface area contributed by atoms with Crippen molar-refractivity contribution in [2.24, 2.45) is 0 Å². The van der Waals surface area contributed by atoms with Crippen LogP contribution >= 0.6 is 0 Å². The van der Waals surface area contributed by atoms with Crippen LogP contribution in [0.25, 0.3) is 0 Å². The summed E-state index contributed by atoms with van der Waals surface area (Å²) in [6, 6.07) is 4.91. The first-order chi connectivity index (χ1) is 5.74. The Morgan fingerprint density at radius 3 is 2.33 bits per heavy atom. The molecule has 1 aromatic rings. The maximum Gasteiger partial charge on any atom is 0.188 e. The maximum absolute atomic E-state index is 12.3. The monoisotopic (exact) mass is 168 g/mol. The molecule has 1 rings (SSSR count). The Balaban J connectivity index is 2.90. The van der Waals surface area contributed by atoms with Crippen molar-refractivity contribution in [3.05, 3.63) is 48.1 Å². The average Bonchev–Trinajstić information content (AvgIpc) is 2.06. The van der Waals surface area contributed by atoms with E-state index in [4.69, 9.17) is 0 Å². The standard InChI is InChI=1S/C9H6F2O/c10-6-5-9(12)7-1-3-8(11)4-2-7/h1-6H. The molecule has 0 fully saturated rings. The van der Waals surface area contributed by atoms with Gasteiger partial charge in [0.25, 0.3) is 0 Å². The summed E-state index contributed by atoms with van der Waals surface area (Å²) in [6.45, 7) is 0. The second-order valence-corrected chi connectivity index (χ2v) is 2.16. The topological polar surface area (TPSA) is 17.1 Å². The summed E-state index contributed by atoms with van der Waals surface area (Å²) < 4.78 is 23.9. The fraction of sp³-hybridized carbons (Fsp3) is 0. The second kappa shape index (κ2) is 3.76. The van der Waals surface area contributed by atoms with Crippen molar-refractivity contribution in [1.82, 2.24) is 0 Å². The third-order valence-corrected chi connectivity index (χ3v) is 1.34. The normalized spacial score (nSPS) is 10.5. The Labute approximate surface area is 68.3 Å². The Kier molecular flexibility index (Phi) is 2.69. The predicted molar refractivity (Wildman–Crippen MR) is 41.0 cm³/mol. The fourth-order valence-corrected chi connectivity index (χ4v) is 0.768. The van der Waals surface area contributed by atoms with Gasteiger partial charge in [-0.1, -0.05) is 0 Å². The molecule has 0 unspecified atom stereocenters. The lowest BCUT2D eigenvalue weighted by Gasteiger charge is -1.93. The number of hydrogen-bond donors (Lipinski definition) is 0. The van der Waals surface area contributed by atoms with Gasteiger partial charge >= 0.3 is 0 Å². The molecule has 0 aliphatic rings. The number of hydrogen-bond acceptors (Lipinski definition) is 1. The zero-order valence-electron chi connectivity index (χ0n) is 6.13. The molecule has 0 atom stereocenters. The number of allylic oxidation sites excluding steroid dienone is 1. The first-order valence-corrected chi connectivity index (χ1v) is 3.30. The summed E-state index contributed by atoms with van der Waals surface area (Å²) >= 11 is 0. The fourth-order valence-electron chi connectivity index (χ4n) is 0.768. The van der Waals surface area contributed by atoms with Crippen molar-refractivity contribution in [2.45, 2.75) is 0 Å². The van der Waals surface area contributed by atoms with E-state index in [1.165, 1.54) is 12.1 Å². The molecule has 0 aromatic heterocycles. The molecule has 1 aromatic carbocycles. The first kappa shape index (κ1) is 8.59. The lowest BCUT2D eigenvalue weighted by Crippen LogP contribution is -1.93. The van der Waals surface area contributed by atoms with E-state index < -0.39 is 11.6 Å². The van der Waals surface area contributed by atoms with Crippen LogP contribution in [0.4, 0.5) is 8.78 Å². The van der Waals surface area contributed by atoms with Crippen LogP contribution in [-0.2, 0) is 0 Å². The number of rotatable bonds is 2. The number of ketones is 1. The van der Waals surface area contributed by atoms with Gasteiger partial charge in [-0.3, -0.25) is 4.79 Å². The number of halogens is 2. The highest BCUT2D eigenvalue weighted by Crippen LogP contribution is 2.04. The molecule has 0 bridgehead atoms. The van der Waals surface area contributed by atoms with Gasteiger partial charge in [0.1, 0.15) is 5.82 Å². The zero-order valence-corrected chi connectivity index (χ0v) is 6.13. The smallest absolute Gasteiger partial charge is 0.188 e. The minimum Gasteiger partial charge on any atom is -0.289 e. The van der Waals surface area contributed by atoms with E-state index in [1.54, 1.807) is 0 Å². The highest BCUT2D eigenvalue weighted by molar-refractivity contribution is 6.04. The van der Waals surface area contributed by atoms with Crippen LogP contribution in [0.15, 0.2) is 36.7 Å². The molecule has 62 valence electrons. The van der Waals surface area contributed by atoms with Gasteiger partial charge in [-0.2, -0.15) is 0 Å². The summed E-state index contributed by atoms with van der Waals surface area (Å²) in [5, 5.41) is 0. The lowest BCUT2D eigenvalue weighted by atomic mass is 10.1. The first-order valence-electron chi connectivity index (χ1n) is 3.30. The molecule has 0 aliphatic carbocycles. The zero-order chi connectivity index (χ0) is 8.97. The summed E-state index contributed by atoms with van der Waals surface area (Å²) in [6.07, 6.45) is 0.943. The Bertz CT molecular complexity index is 301. The van der Waals surface area contributed by atoms with E-state index >= 15 is 0 Å². The van der Waals surface area contributed by atoms with Crippen LogP contribution in [0.3, 0.4) is 0 Å². The van der Waals surface area contributed by atoms with E-state index in [-0.39, 0.29) is 11.9 Å². The third kappa shape index (κ3) is 1.99. The summed E-state index contributed by atoms with van der Waals surface area (Å²) in [5.41, 5.74) is 0.269. The highest BCUT2D eigenvalue weighted by Gasteiger charge is 2.00. The van der Waals surface area contributed by atoms with E-state index in [0.717, 1.165) is 18.2 Å². The van der Waals surface area contributed by atoms with Gasteiger partial charge in [0.05, 0.1) is 6.33 Å². The molecule has 0 aliphatic heterocycles. The van der Waals surface area contributed by atoms with Gasteiger partial charge < -0.3 is 0 Å². The molecule has 1 nitrogen and oxygen atoms in total. The second-order valence-electron chi connectivity index (χ2n) is 2.16. The van der Waals surface area contributed by atoms with Crippen molar-refractivity contribution in [3.63, 3.8) is 0 Å². The summed E-state index contributed by atoms with van der Waals surface area (Å²) in [5.74, 6) is -0.895. The predicted octanol–water partition coefficient (Wildman–Crippen LogP) is 2.49. The van der Waals surface area contributed by atoms with Crippen LogP contribution in [0.5, 0.6) is 0 Å². The van der Waals surface area contributed by atoms with Crippen LogP contribution in [0.1, 0.15) is 10.4 Å². The van der Waals surface area contributed by atoms with Crippen LogP contribution in [0.2, 0.25) is 0 Å². The van der Waals surface area contributed by atoms with Crippen molar-refractivity contribution in [2.75, 3.05) is 0 Å². The van der Waals surface area contributed by atoms with Crippen molar-refractivity contribution in [1.29, 1.82) is 0 Å². The van der Waals surface area contributed by atoms with Crippen molar-refractivity contribution >= 4 is 5.78 Å². The van der Waals surface area contributed by atoms with Gasteiger partial charge in [0.2, 0.25) is 0 Å². The molecule has 0 amide bonds. The van der Waals surface area contributed by atoms with Crippen molar-refractivity contribution < 1.29 is 13.6 Å². The molecule has 0 radical (unpaired) electrons. The number of carbonyl (C=O) groups excluding carboxylic acids is 1. The quantitative estimate of drug-likeness (QED) is 0.489. The molecule has 0 saturated carbocycles. The molecule has 0 spiro atoms. The summed E-state index contributed by atoms with van der Waals surface area (Å²) in [4.78, 5) is 10.9. The van der Waals surface area contributed by atoms with Crippen LogP contribution < -0.4 is 0 Å². The van der Waals surface area contributed by atoms with E-state index in [2.05, 4.69) is 0 Å². The molecule has 0 heterocycles. The molecule has 3 heteroatoms. The molecular weight excluding hydrogens is 162 g/mol. The molecule has 12 heavy (non-hydrogen) atoms. The molecule has 0 N–H and O–H groups in total. The van der Waals surface area contributed by atoms with Crippen LogP contribution in [0, 0.1) is 5.82 Å². The number of benzene rings is 1. The summed E-state index contributed by atoms with van der Waals surface area (Å²) in [7, 11) is 0. The van der Waals surface area contributed by atoms with Gasteiger partial charge in [0, 0.05) is 11.6 Å². The molecular formula is C9H6F2O. The van der Waals surface area contributed by atoms with Gasteiger partial charge in [0.15, 0.2) is 5.78 Å². The minimum atomic E-state index is -0.475. The maximum atomic E-state index is 12.3. The van der Waals surface area contributed by atoms with E-state index in [1.807, 2.05) is 0 Å². The third-order valence-electron chi connectivity index (χ3n) is 1.34. The van der Waals surface area contributed by atoms with Crippen LogP contribution in [-0.4, -0.2) is 5.78 Å². The highest BCUT2D eigenvalue weighted by atomic mass is 19.1. The van der Waals surface area contributed by atoms with Gasteiger partial charge in [-0.15, -0.1) is 0 Å². The Morgan fingerprint density at radius 1 is 1.25 bits per heavy atom.